The number of benzene rings is 2. The molecule has 0 fully saturated rings. The van der Waals surface area contributed by atoms with Gasteiger partial charge in [0, 0.05) is 32.2 Å². The van der Waals surface area contributed by atoms with Crippen molar-refractivity contribution >= 4 is 16.7 Å². The Bertz CT molecular complexity index is 1010. The minimum Gasteiger partial charge on any atom is -0.497 e. The van der Waals surface area contributed by atoms with Gasteiger partial charge in [-0.05, 0) is 35.4 Å². The highest BCUT2D eigenvalue weighted by Gasteiger charge is 2.22. The van der Waals surface area contributed by atoms with Crippen molar-refractivity contribution in [3.63, 3.8) is 0 Å². The second-order valence-corrected chi connectivity index (χ2v) is 7.40. The number of nitrogens with one attached hydrogen (secondary N) is 1. The summed E-state index contributed by atoms with van der Waals surface area (Å²) in [5.41, 5.74) is 3.31. The van der Waals surface area contributed by atoms with Crippen LogP contribution in [-0.2, 0) is 24.4 Å². The topological polar surface area (TPSA) is 59.4 Å². The van der Waals surface area contributed by atoms with Gasteiger partial charge in [0.1, 0.15) is 5.75 Å². The Kier molecular flexibility index (Phi) is 5.05. The fourth-order valence-electron chi connectivity index (χ4n) is 3.82. The lowest BCUT2D eigenvalue weighted by atomic mass is 9.96. The number of hydrogen-bond acceptors (Lipinski definition) is 4. The van der Waals surface area contributed by atoms with E-state index < -0.39 is 0 Å². The van der Waals surface area contributed by atoms with Crippen LogP contribution in [0.2, 0.25) is 0 Å². The van der Waals surface area contributed by atoms with Gasteiger partial charge in [-0.1, -0.05) is 24.3 Å². The lowest BCUT2D eigenvalue weighted by Gasteiger charge is -2.23. The largest absolute Gasteiger partial charge is 0.497 e. The summed E-state index contributed by atoms with van der Waals surface area (Å²) in [5.74, 6) is 0.737. The molecular weight excluding hydrogens is 352 g/mol. The second kappa shape index (κ2) is 7.64. The summed E-state index contributed by atoms with van der Waals surface area (Å²) in [6.45, 7) is 5.17. The quantitative estimate of drug-likeness (QED) is 0.742. The predicted octanol–water partition coefficient (Wildman–Crippen LogP) is 2.91. The summed E-state index contributed by atoms with van der Waals surface area (Å²) in [6.07, 6.45) is 1.89. The summed E-state index contributed by atoms with van der Waals surface area (Å²) < 4.78 is 7.32. The molecule has 6 nitrogen and oxygen atoms in total. The summed E-state index contributed by atoms with van der Waals surface area (Å²) >= 11 is 0. The second-order valence-electron chi connectivity index (χ2n) is 7.40. The monoisotopic (exact) mass is 378 g/mol. The Hall–Kier alpha value is -2.86. The molecule has 2 heterocycles. The molecule has 0 spiro atoms. The Morgan fingerprint density at radius 2 is 2.07 bits per heavy atom. The SMILES string of the molecule is COc1ccc2cc([C@H](C)C(=O)N(C)Cc3cnn4c3CNCC4)ccc2c1. The molecule has 28 heavy (non-hydrogen) atoms. The van der Waals surface area contributed by atoms with Gasteiger partial charge in [-0.2, -0.15) is 5.10 Å². The number of ether oxygens (including phenoxy) is 1. The lowest BCUT2D eigenvalue weighted by molar-refractivity contribution is -0.131. The molecule has 146 valence electrons. The van der Waals surface area contributed by atoms with Gasteiger partial charge in [-0.25, -0.2) is 0 Å². The van der Waals surface area contributed by atoms with Gasteiger partial charge in [0.2, 0.25) is 5.91 Å². The summed E-state index contributed by atoms with van der Waals surface area (Å²) in [6, 6.07) is 12.2. The van der Waals surface area contributed by atoms with Crippen molar-refractivity contribution in [1.29, 1.82) is 0 Å². The van der Waals surface area contributed by atoms with E-state index in [9.17, 15) is 4.79 Å². The molecular formula is C22H26N4O2. The van der Waals surface area contributed by atoms with Crippen LogP contribution in [0.3, 0.4) is 0 Å². The van der Waals surface area contributed by atoms with Crippen LogP contribution in [0.5, 0.6) is 5.75 Å². The highest BCUT2D eigenvalue weighted by Crippen LogP contribution is 2.26. The average molecular weight is 378 g/mol. The van der Waals surface area contributed by atoms with Crippen molar-refractivity contribution in [1.82, 2.24) is 20.0 Å². The van der Waals surface area contributed by atoms with Gasteiger partial charge < -0.3 is 15.0 Å². The molecule has 1 aromatic heterocycles. The molecule has 0 unspecified atom stereocenters. The summed E-state index contributed by atoms with van der Waals surface area (Å²) in [5, 5.41) is 10.0. The third-order valence-corrected chi connectivity index (χ3v) is 5.55. The van der Waals surface area contributed by atoms with E-state index in [1.54, 1.807) is 12.0 Å². The van der Waals surface area contributed by atoms with E-state index in [2.05, 4.69) is 22.5 Å². The number of aromatic nitrogens is 2. The molecule has 2 aromatic carbocycles. The Balaban J connectivity index is 1.50. The first-order valence-electron chi connectivity index (χ1n) is 9.64. The first-order chi connectivity index (χ1) is 13.6. The fourth-order valence-corrected chi connectivity index (χ4v) is 3.82. The number of rotatable bonds is 5. The molecule has 3 aromatic rings. The van der Waals surface area contributed by atoms with Gasteiger partial charge in [-0.3, -0.25) is 9.48 Å². The third kappa shape index (κ3) is 3.47. The molecule has 0 radical (unpaired) electrons. The Labute approximate surface area is 165 Å². The van der Waals surface area contributed by atoms with Crippen LogP contribution in [0.4, 0.5) is 0 Å². The number of carbonyl (C=O) groups is 1. The molecule has 1 atom stereocenters. The average Bonchev–Trinajstić information content (AvgIpc) is 3.14. The fraction of sp³-hybridized carbons (Fsp3) is 0.364. The first kappa shape index (κ1) is 18.5. The van der Waals surface area contributed by atoms with E-state index in [1.807, 2.05) is 49.1 Å². The van der Waals surface area contributed by atoms with E-state index >= 15 is 0 Å². The maximum Gasteiger partial charge on any atom is 0.229 e. The Morgan fingerprint density at radius 3 is 2.89 bits per heavy atom. The molecule has 0 saturated carbocycles. The van der Waals surface area contributed by atoms with Crippen LogP contribution < -0.4 is 10.1 Å². The van der Waals surface area contributed by atoms with Crippen LogP contribution in [0.15, 0.2) is 42.6 Å². The van der Waals surface area contributed by atoms with Crippen LogP contribution >= 0.6 is 0 Å². The van der Waals surface area contributed by atoms with E-state index in [1.165, 1.54) is 5.69 Å². The van der Waals surface area contributed by atoms with E-state index in [-0.39, 0.29) is 11.8 Å². The number of nitrogens with zero attached hydrogens (tertiary/aromatic N) is 3. The van der Waals surface area contributed by atoms with Crippen molar-refractivity contribution in [3.05, 3.63) is 59.4 Å². The number of carbonyl (C=O) groups excluding carboxylic acids is 1. The van der Waals surface area contributed by atoms with Crippen molar-refractivity contribution in [2.75, 3.05) is 20.7 Å². The van der Waals surface area contributed by atoms with Crippen molar-refractivity contribution in [2.24, 2.45) is 0 Å². The van der Waals surface area contributed by atoms with Gasteiger partial charge >= 0.3 is 0 Å². The zero-order chi connectivity index (χ0) is 19.7. The van der Waals surface area contributed by atoms with Crippen molar-refractivity contribution in [2.45, 2.75) is 32.5 Å². The number of fused-ring (bicyclic) bond motifs is 2. The molecule has 1 aliphatic heterocycles. The first-order valence-corrected chi connectivity index (χ1v) is 9.64. The van der Waals surface area contributed by atoms with Crippen LogP contribution in [0.25, 0.3) is 10.8 Å². The smallest absolute Gasteiger partial charge is 0.229 e. The molecule has 4 rings (SSSR count). The van der Waals surface area contributed by atoms with Gasteiger partial charge in [0.25, 0.3) is 0 Å². The minimum absolute atomic E-state index is 0.108. The lowest BCUT2D eigenvalue weighted by Crippen LogP contribution is -2.32. The van der Waals surface area contributed by atoms with Gasteiger partial charge in [0.15, 0.2) is 0 Å². The summed E-state index contributed by atoms with van der Waals surface area (Å²) in [4.78, 5) is 14.8. The van der Waals surface area contributed by atoms with Gasteiger partial charge in [-0.15, -0.1) is 0 Å². The van der Waals surface area contributed by atoms with E-state index in [4.69, 9.17) is 4.74 Å². The van der Waals surface area contributed by atoms with Crippen LogP contribution in [-0.4, -0.2) is 41.3 Å². The standard InChI is InChI=1S/C22H26N4O2/c1-15(16-4-5-18-11-20(28-3)7-6-17(18)10-16)22(27)25(2)14-19-12-24-26-9-8-23-13-21(19)26/h4-7,10-12,15,23H,8-9,13-14H2,1-3H3/t15-/m0/s1. The molecule has 1 aliphatic rings. The molecule has 1 N–H and O–H groups in total. The highest BCUT2D eigenvalue weighted by atomic mass is 16.5. The van der Waals surface area contributed by atoms with E-state index in [0.29, 0.717) is 6.54 Å². The van der Waals surface area contributed by atoms with Gasteiger partial charge in [0.05, 0.1) is 31.5 Å². The minimum atomic E-state index is -0.207. The zero-order valence-electron chi connectivity index (χ0n) is 16.6. The zero-order valence-corrected chi connectivity index (χ0v) is 16.6. The number of likely N-dealkylation sites (N-methyl/N-ethyl adjacent to an activating group) is 1. The van der Waals surface area contributed by atoms with Crippen LogP contribution in [0, 0.1) is 0 Å². The third-order valence-electron chi connectivity index (χ3n) is 5.55. The number of hydrogen-bond donors (Lipinski definition) is 1. The Morgan fingerprint density at radius 1 is 1.29 bits per heavy atom. The molecule has 1 amide bonds. The highest BCUT2D eigenvalue weighted by molar-refractivity contribution is 5.88. The van der Waals surface area contributed by atoms with Crippen molar-refractivity contribution in [3.8, 4) is 5.75 Å². The number of methoxy groups -OCH3 is 1. The molecule has 0 saturated heterocycles. The maximum atomic E-state index is 13.0. The van der Waals surface area contributed by atoms with Crippen LogP contribution in [0.1, 0.15) is 29.7 Å². The predicted molar refractivity (Wildman–Crippen MR) is 109 cm³/mol. The molecule has 0 bridgehead atoms. The molecule has 0 aliphatic carbocycles. The van der Waals surface area contributed by atoms with E-state index in [0.717, 1.165) is 47.3 Å². The molecule has 6 heteroatoms. The van der Waals surface area contributed by atoms with Crippen molar-refractivity contribution < 1.29 is 9.53 Å². The summed E-state index contributed by atoms with van der Waals surface area (Å²) in [7, 11) is 3.53. The maximum absolute atomic E-state index is 13.0. The number of amides is 1. The normalized spacial score (nSPS) is 14.5.